The van der Waals surface area contributed by atoms with E-state index >= 15 is 0 Å². The molecule has 8 nitrogen and oxygen atoms in total. The van der Waals surface area contributed by atoms with E-state index in [2.05, 4.69) is 37.0 Å². The number of hydrogen-bond donors (Lipinski definition) is 0. The Morgan fingerprint density at radius 3 is 2.32 bits per heavy atom. The van der Waals surface area contributed by atoms with E-state index in [1.54, 1.807) is 13.0 Å². The number of imide groups is 1. The number of nitrogens with zero attached hydrogens (tertiary/aromatic N) is 2. The standard InChI is InChI=1S/C21H20Br2N2O6/c1-9(21(28)30-3)31-18-13(29-2)7-12(16(22)17(18)23)8-24-25-19(26)14-10-4-5-11(6-10)15(14)20(25)27/h4-5,7-11,14-15H,6H2,1-3H3/t9-,10+,11+,14-,15+/m1/s1. The van der Waals surface area contributed by atoms with Gasteiger partial charge in [0.05, 0.1) is 36.7 Å². The van der Waals surface area contributed by atoms with E-state index < -0.39 is 12.1 Å². The Labute approximate surface area is 195 Å². The summed E-state index contributed by atoms with van der Waals surface area (Å²) in [6.45, 7) is 1.56. The first-order valence-electron chi connectivity index (χ1n) is 9.69. The van der Waals surface area contributed by atoms with Gasteiger partial charge in [-0.25, -0.2) is 4.79 Å². The minimum atomic E-state index is -0.857. The third kappa shape index (κ3) is 3.59. The molecule has 2 bridgehead atoms. The number of ether oxygens (including phenoxy) is 3. The molecule has 5 atom stereocenters. The first-order valence-corrected chi connectivity index (χ1v) is 11.3. The van der Waals surface area contributed by atoms with E-state index in [1.165, 1.54) is 20.4 Å². The topological polar surface area (TPSA) is 94.5 Å². The van der Waals surface area contributed by atoms with E-state index in [9.17, 15) is 14.4 Å². The molecule has 3 aliphatic rings. The van der Waals surface area contributed by atoms with Crippen molar-refractivity contribution in [2.24, 2.45) is 28.8 Å². The summed E-state index contributed by atoms with van der Waals surface area (Å²) in [5, 5.41) is 5.19. The summed E-state index contributed by atoms with van der Waals surface area (Å²) in [6.07, 6.45) is 5.51. The second kappa shape index (κ2) is 8.38. The lowest BCUT2D eigenvalue weighted by molar-refractivity contribution is -0.148. The molecule has 2 aliphatic carbocycles. The van der Waals surface area contributed by atoms with Gasteiger partial charge in [-0.2, -0.15) is 10.1 Å². The van der Waals surface area contributed by atoms with Gasteiger partial charge < -0.3 is 14.2 Å². The van der Waals surface area contributed by atoms with Gasteiger partial charge in [-0.3, -0.25) is 9.59 Å². The number of carbonyl (C=O) groups excluding carboxylic acids is 3. The van der Waals surface area contributed by atoms with E-state index in [-0.39, 0.29) is 35.5 Å². The Morgan fingerprint density at radius 1 is 1.16 bits per heavy atom. The summed E-state index contributed by atoms with van der Waals surface area (Å²) in [6, 6.07) is 1.63. The maximum Gasteiger partial charge on any atom is 0.346 e. The highest BCUT2D eigenvalue weighted by Gasteiger charge is 2.59. The van der Waals surface area contributed by atoms with Crippen LogP contribution in [0.1, 0.15) is 18.9 Å². The molecular formula is C21H20Br2N2O6. The minimum Gasteiger partial charge on any atom is -0.493 e. The molecule has 2 fully saturated rings. The Balaban J connectivity index is 1.60. The third-order valence-electron chi connectivity index (χ3n) is 5.96. The molecule has 1 aliphatic heterocycles. The molecule has 0 N–H and O–H groups in total. The number of methoxy groups -OCH3 is 2. The van der Waals surface area contributed by atoms with Crippen molar-refractivity contribution in [1.82, 2.24) is 5.01 Å². The number of halogens is 2. The molecule has 4 rings (SSSR count). The highest BCUT2D eigenvalue weighted by molar-refractivity contribution is 9.13. The number of hydrogen-bond acceptors (Lipinski definition) is 7. The zero-order valence-electron chi connectivity index (χ0n) is 17.0. The highest BCUT2D eigenvalue weighted by Crippen LogP contribution is 2.52. The fourth-order valence-electron chi connectivity index (χ4n) is 4.47. The average Bonchev–Trinajstić information content (AvgIpc) is 3.44. The van der Waals surface area contributed by atoms with Crippen molar-refractivity contribution in [3.8, 4) is 11.5 Å². The molecule has 0 unspecified atom stereocenters. The number of carbonyl (C=O) groups is 3. The molecular weight excluding hydrogens is 536 g/mol. The third-order valence-corrected chi connectivity index (χ3v) is 8.11. The Hall–Kier alpha value is -2.20. The van der Waals surface area contributed by atoms with Crippen LogP contribution >= 0.6 is 31.9 Å². The van der Waals surface area contributed by atoms with Gasteiger partial charge in [-0.1, -0.05) is 12.2 Å². The summed E-state index contributed by atoms with van der Waals surface area (Å²) in [4.78, 5) is 37.3. The SMILES string of the molecule is COC(=O)[C@@H](C)Oc1c(OC)cc(C=NN2C(=O)[C@@H]3[C@H](C2=O)[C@H]2C=C[C@H]3C2)c(Br)c1Br. The Morgan fingerprint density at radius 2 is 1.77 bits per heavy atom. The quantitative estimate of drug-likeness (QED) is 0.231. The molecule has 31 heavy (non-hydrogen) atoms. The van der Waals surface area contributed by atoms with Gasteiger partial charge in [0.1, 0.15) is 0 Å². The Bertz CT molecular complexity index is 994. The predicted molar refractivity (Wildman–Crippen MR) is 118 cm³/mol. The van der Waals surface area contributed by atoms with Crippen LogP contribution in [0.4, 0.5) is 0 Å². The first kappa shape index (κ1) is 22.0. The second-order valence-corrected chi connectivity index (χ2v) is 9.23. The molecule has 1 saturated carbocycles. The van der Waals surface area contributed by atoms with Crippen LogP contribution in [-0.2, 0) is 19.1 Å². The van der Waals surface area contributed by atoms with Crippen LogP contribution in [0.15, 0.2) is 32.3 Å². The monoisotopic (exact) mass is 554 g/mol. The van der Waals surface area contributed by atoms with Crippen LogP contribution in [0.5, 0.6) is 11.5 Å². The van der Waals surface area contributed by atoms with Gasteiger partial charge >= 0.3 is 5.97 Å². The Kier molecular flexibility index (Phi) is 5.95. The van der Waals surface area contributed by atoms with Gasteiger partial charge in [-0.05, 0) is 63.1 Å². The maximum atomic E-state index is 12.8. The van der Waals surface area contributed by atoms with Crippen molar-refractivity contribution in [2.75, 3.05) is 14.2 Å². The summed E-state index contributed by atoms with van der Waals surface area (Å²) in [7, 11) is 2.74. The molecule has 0 spiro atoms. The predicted octanol–water partition coefficient (Wildman–Crippen LogP) is 3.30. The minimum absolute atomic E-state index is 0.126. The van der Waals surface area contributed by atoms with E-state index in [0.29, 0.717) is 26.0 Å². The molecule has 1 heterocycles. The van der Waals surface area contributed by atoms with Crippen LogP contribution < -0.4 is 9.47 Å². The lowest BCUT2D eigenvalue weighted by atomic mass is 9.85. The average molecular weight is 556 g/mol. The number of benzene rings is 1. The van der Waals surface area contributed by atoms with E-state index in [0.717, 1.165) is 11.4 Å². The van der Waals surface area contributed by atoms with Crippen molar-refractivity contribution in [1.29, 1.82) is 0 Å². The number of rotatable bonds is 6. The molecule has 1 saturated heterocycles. The maximum absolute atomic E-state index is 12.8. The molecule has 2 amide bonds. The molecule has 1 aromatic carbocycles. The van der Waals surface area contributed by atoms with Crippen molar-refractivity contribution >= 4 is 55.9 Å². The van der Waals surface area contributed by atoms with Gasteiger partial charge in [-0.15, -0.1) is 0 Å². The summed E-state index contributed by atoms with van der Waals surface area (Å²) >= 11 is 6.91. The van der Waals surface area contributed by atoms with E-state index in [4.69, 9.17) is 14.2 Å². The van der Waals surface area contributed by atoms with Gasteiger partial charge in [0.15, 0.2) is 17.6 Å². The van der Waals surface area contributed by atoms with Crippen LogP contribution in [0.2, 0.25) is 0 Å². The lowest BCUT2D eigenvalue weighted by Crippen LogP contribution is -2.28. The van der Waals surface area contributed by atoms with Crippen molar-refractivity contribution in [3.63, 3.8) is 0 Å². The largest absolute Gasteiger partial charge is 0.493 e. The lowest BCUT2D eigenvalue weighted by Gasteiger charge is -2.18. The summed E-state index contributed by atoms with van der Waals surface area (Å²) in [5.41, 5.74) is 0.556. The molecule has 1 aromatic rings. The smallest absolute Gasteiger partial charge is 0.346 e. The van der Waals surface area contributed by atoms with Crippen LogP contribution in [0, 0.1) is 23.7 Å². The van der Waals surface area contributed by atoms with Gasteiger partial charge in [0.2, 0.25) is 0 Å². The fourth-order valence-corrected chi connectivity index (χ4v) is 5.39. The molecule has 0 radical (unpaired) electrons. The van der Waals surface area contributed by atoms with E-state index in [1.807, 2.05) is 12.2 Å². The number of hydrazone groups is 1. The number of esters is 1. The molecule has 0 aromatic heterocycles. The summed E-state index contributed by atoms with van der Waals surface area (Å²) in [5.74, 6) is -0.757. The van der Waals surface area contributed by atoms with Gasteiger partial charge in [0.25, 0.3) is 11.8 Å². The fraction of sp³-hybridized carbons (Fsp3) is 0.429. The van der Waals surface area contributed by atoms with Crippen molar-refractivity contribution < 1.29 is 28.6 Å². The van der Waals surface area contributed by atoms with Crippen LogP contribution in [0.25, 0.3) is 0 Å². The van der Waals surface area contributed by atoms with Crippen molar-refractivity contribution in [3.05, 3.63) is 32.7 Å². The summed E-state index contributed by atoms with van der Waals surface area (Å²) < 4.78 is 16.8. The zero-order chi connectivity index (χ0) is 22.4. The van der Waals surface area contributed by atoms with Crippen LogP contribution in [0.3, 0.4) is 0 Å². The number of fused-ring (bicyclic) bond motifs is 5. The first-order chi connectivity index (χ1) is 14.8. The normalized spacial score (nSPS) is 27.2. The molecule has 10 heteroatoms. The highest BCUT2D eigenvalue weighted by atomic mass is 79.9. The van der Waals surface area contributed by atoms with Gasteiger partial charge in [0, 0.05) is 10.0 Å². The number of amides is 2. The van der Waals surface area contributed by atoms with Crippen molar-refractivity contribution in [2.45, 2.75) is 19.4 Å². The second-order valence-electron chi connectivity index (χ2n) is 7.64. The zero-order valence-corrected chi connectivity index (χ0v) is 20.2. The number of allylic oxidation sites excluding steroid dienone is 2. The molecule has 164 valence electrons. The van der Waals surface area contributed by atoms with Crippen LogP contribution in [-0.4, -0.2) is 49.3 Å².